The van der Waals surface area contributed by atoms with Gasteiger partial charge >= 0.3 is 0 Å². The fraction of sp³-hybridized carbons (Fsp3) is 0.588. The van der Waals surface area contributed by atoms with Crippen molar-refractivity contribution in [2.45, 2.75) is 46.0 Å². The average molecular weight is 259 g/mol. The van der Waals surface area contributed by atoms with Crippen LogP contribution in [-0.2, 0) is 11.2 Å². The second-order valence-electron chi connectivity index (χ2n) is 6.09. The smallest absolute Gasteiger partial charge is 0.229 e. The highest BCUT2D eigenvalue weighted by molar-refractivity contribution is 5.83. The summed E-state index contributed by atoms with van der Waals surface area (Å²) in [5, 5.41) is 0. The summed E-state index contributed by atoms with van der Waals surface area (Å²) in [4.78, 5) is 14.3. The first-order valence-corrected chi connectivity index (χ1v) is 7.45. The molecule has 1 fully saturated rings. The molecule has 1 heterocycles. The zero-order valence-electron chi connectivity index (χ0n) is 12.4. The lowest BCUT2D eigenvalue weighted by molar-refractivity contribution is -0.131. The first kappa shape index (κ1) is 14.1. The van der Waals surface area contributed by atoms with E-state index in [0.29, 0.717) is 5.92 Å². The standard InChI is InChI=1S/C17H25NO/c1-13(2)12-15-6-8-16(9-7-15)14(3)17(19)18-10-4-5-11-18/h6-9,13-14H,4-5,10-12H2,1-3H3/t14-/m0/s1. The normalized spacial score (nSPS) is 16.9. The summed E-state index contributed by atoms with van der Waals surface area (Å²) < 4.78 is 0. The monoisotopic (exact) mass is 259 g/mol. The van der Waals surface area contributed by atoms with Crippen LogP contribution in [0.3, 0.4) is 0 Å². The molecule has 104 valence electrons. The zero-order valence-corrected chi connectivity index (χ0v) is 12.4. The van der Waals surface area contributed by atoms with E-state index >= 15 is 0 Å². The molecule has 2 heteroatoms. The third-order valence-corrected chi connectivity index (χ3v) is 3.91. The van der Waals surface area contributed by atoms with Crippen molar-refractivity contribution >= 4 is 5.91 Å². The molecule has 0 saturated carbocycles. The Hall–Kier alpha value is -1.31. The van der Waals surface area contributed by atoms with Crippen molar-refractivity contribution in [3.8, 4) is 0 Å². The second kappa shape index (κ2) is 6.23. The molecule has 1 aromatic carbocycles. The predicted octanol–water partition coefficient (Wildman–Crippen LogP) is 3.61. The summed E-state index contributed by atoms with van der Waals surface area (Å²) in [6.07, 6.45) is 3.42. The molecule has 1 aliphatic heterocycles. The fourth-order valence-corrected chi connectivity index (χ4v) is 2.77. The number of benzene rings is 1. The number of hydrogen-bond donors (Lipinski definition) is 0. The molecular formula is C17H25NO. The van der Waals surface area contributed by atoms with Gasteiger partial charge in [0.2, 0.25) is 5.91 Å². The van der Waals surface area contributed by atoms with Gasteiger partial charge in [0.05, 0.1) is 5.92 Å². The molecule has 0 spiro atoms. The lowest BCUT2D eigenvalue weighted by Crippen LogP contribution is -2.31. The highest BCUT2D eigenvalue weighted by atomic mass is 16.2. The topological polar surface area (TPSA) is 20.3 Å². The molecule has 1 amide bonds. The van der Waals surface area contributed by atoms with Gasteiger partial charge in [-0.1, -0.05) is 38.1 Å². The van der Waals surface area contributed by atoms with Crippen molar-refractivity contribution in [3.05, 3.63) is 35.4 Å². The van der Waals surface area contributed by atoms with Gasteiger partial charge in [-0.2, -0.15) is 0 Å². The first-order chi connectivity index (χ1) is 9.08. The van der Waals surface area contributed by atoms with Crippen LogP contribution in [0.1, 0.15) is 50.7 Å². The SMILES string of the molecule is CC(C)Cc1ccc([C@H](C)C(=O)N2CCCC2)cc1. The molecule has 1 atom stereocenters. The summed E-state index contributed by atoms with van der Waals surface area (Å²) in [5.41, 5.74) is 2.50. The molecule has 1 aliphatic rings. The minimum absolute atomic E-state index is 0.00815. The Bertz CT molecular complexity index is 415. The Kier molecular flexibility index (Phi) is 4.62. The van der Waals surface area contributed by atoms with Crippen molar-refractivity contribution in [2.24, 2.45) is 5.92 Å². The third kappa shape index (κ3) is 3.59. The number of amides is 1. The van der Waals surface area contributed by atoms with Gasteiger partial charge in [-0.3, -0.25) is 4.79 Å². The number of carbonyl (C=O) groups excluding carboxylic acids is 1. The molecule has 0 unspecified atom stereocenters. The third-order valence-electron chi connectivity index (χ3n) is 3.91. The molecule has 0 aliphatic carbocycles. The van der Waals surface area contributed by atoms with Gasteiger partial charge in [-0.15, -0.1) is 0 Å². The van der Waals surface area contributed by atoms with E-state index in [1.165, 1.54) is 5.56 Å². The molecular weight excluding hydrogens is 234 g/mol. The molecule has 0 N–H and O–H groups in total. The lowest BCUT2D eigenvalue weighted by Gasteiger charge is -2.20. The minimum Gasteiger partial charge on any atom is -0.342 e. The van der Waals surface area contributed by atoms with Crippen LogP contribution in [0, 0.1) is 5.92 Å². The maximum Gasteiger partial charge on any atom is 0.229 e. The number of nitrogens with zero attached hydrogens (tertiary/aromatic N) is 1. The summed E-state index contributed by atoms with van der Waals surface area (Å²) >= 11 is 0. The molecule has 2 rings (SSSR count). The maximum atomic E-state index is 12.3. The second-order valence-corrected chi connectivity index (χ2v) is 6.09. The molecule has 2 nitrogen and oxygen atoms in total. The van der Waals surface area contributed by atoms with E-state index < -0.39 is 0 Å². The van der Waals surface area contributed by atoms with E-state index in [-0.39, 0.29) is 11.8 Å². The highest BCUT2D eigenvalue weighted by Crippen LogP contribution is 2.22. The van der Waals surface area contributed by atoms with Crippen LogP contribution in [0.5, 0.6) is 0 Å². The predicted molar refractivity (Wildman–Crippen MR) is 79.2 cm³/mol. The van der Waals surface area contributed by atoms with Gasteiger partial charge in [-0.05, 0) is 43.2 Å². The molecule has 19 heavy (non-hydrogen) atoms. The van der Waals surface area contributed by atoms with Crippen molar-refractivity contribution in [2.75, 3.05) is 13.1 Å². The van der Waals surface area contributed by atoms with E-state index in [4.69, 9.17) is 0 Å². The van der Waals surface area contributed by atoms with Crippen LogP contribution in [0.25, 0.3) is 0 Å². The fourth-order valence-electron chi connectivity index (χ4n) is 2.77. The molecule has 1 saturated heterocycles. The van der Waals surface area contributed by atoms with Gasteiger partial charge in [0, 0.05) is 13.1 Å². The van der Waals surface area contributed by atoms with Crippen molar-refractivity contribution in [1.29, 1.82) is 0 Å². The van der Waals surface area contributed by atoms with Crippen LogP contribution in [0.2, 0.25) is 0 Å². The van der Waals surface area contributed by atoms with Crippen molar-refractivity contribution < 1.29 is 4.79 Å². The Labute approximate surface area is 116 Å². The maximum absolute atomic E-state index is 12.3. The zero-order chi connectivity index (χ0) is 13.8. The number of hydrogen-bond acceptors (Lipinski definition) is 1. The number of carbonyl (C=O) groups is 1. The van der Waals surface area contributed by atoms with Crippen LogP contribution in [-0.4, -0.2) is 23.9 Å². The van der Waals surface area contributed by atoms with Gasteiger partial charge in [0.1, 0.15) is 0 Å². The van der Waals surface area contributed by atoms with E-state index in [1.807, 2.05) is 11.8 Å². The van der Waals surface area contributed by atoms with E-state index in [2.05, 4.69) is 38.1 Å². The summed E-state index contributed by atoms with van der Waals surface area (Å²) in [6.45, 7) is 8.36. The van der Waals surface area contributed by atoms with Crippen LogP contribution in [0.15, 0.2) is 24.3 Å². The quantitative estimate of drug-likeness (QED) is 0.809. The average Bonchev–Trinajstić information content (AvgIpc) is 2.91. The minimum atomic E-state index is -0.00815. The number of rotatable bonds is 4. The molecule has 0 aromatic heterocycles. The van der Waals surface area contributed by atoms with Gasteiger partial charge in [-0.25, -0.2) is 0 Å². The Balaban J connectivity index is 2.02. The van der Waals surface area contributed by atoms with Crippen LogP contribution >= 0.6 is 0 Å². The first-order valence-electron chi connectivity index (χ1n) is 7.45. The highest BCUT2D eigenvalue weighted by Gasteiger charge is 2.24. The summed E-state index contributed by atoms with van der Waals surface area (Å²) in [5.74, 6) is 0.954. The number of likely N-dealkylation sites (tertiary alicyclic amines) is 1. The van der Waals surface area contributed by atoms with Crippen molar-refractivity contribution in [3.63, 3.8) is 0 Å². The van der Waals surface area contributed by atoms with Crippen molar-refractivity contribution in [1.82, 2.24) is 4.90 Å². The Morgan fingerprint density at radius 3 is 2.21 bits per heavy atom. The van der Waals surface area contributed by atoms with Crippen LogP contribution in [0.4, 0.5) is 0 Å². The Morgan fingerprint density at radius 2 is 1.68 bits per heavy atom. The summed E-state index contributed by atoms with van der Waals surface area (Å²) in [6, 6.07) is 8.58. The van der Waals surface area contributed by atoms with E-state index in [1.54, 1.807) is 0 Å². The van der Waals surface area contributed by atoms with Gasteiger partial charge in [0.25, 0.3) is 0 Å². The molecule has 1 aromatic rings. The van der Waals surface area contributed by atoms with E-state index in [0.717, 1.165) is 37.9 Å². The van der Waals surface area contributed by atoms with Crippen LogP contribution < -0.4 is 0 Å². The van der Waals surface area contributed by atoms with E-state index in [9.17, 15) is 4.79 Å². The van der Waals surface area contributed by atoms with Gasteiger partial charge < -0.3 is 4.90 Å². The lowest BCUT2D eigenvalue weighted by atomic mass is 9.96. The molecule has 0 bridgehead atoms. The molecule has 0 radical (unpaired) electrons. The van der Waals surface area contributed by atoms with Gasteiger partial charge in [0.15, 0.2) is 0 Å². The Morgan fingerprint density at radius 1 is 1.11 bits per heavy atom. The summed E-state index contributed by atoms with van der Waals surface area (Å²) in [7, 11) is 0. The largest absolute Gasteiger partial charge is 0.342 e.